The second kappa shape index (κ2) is 11.3. The zero-order valence-electron chi connectivity index (χ0n) is 17.7. The molecule has 0 fully saturated rings. The van der Waals surface area contributed by atoms with Gasteiger partial charge in [0.1, 0.15) is 11.5 Å². The van der Waals surface area contributed by atoms with Crippen LogP contribution in [-0.2, 0) is 4.79 Å². The minimum Gasteiger partial charge on any atom is -0.493 e. The van der Waals surface area contributed by atoms with Crippen LogP contribution in [0.3, 0.4) is 0 Å². The van der Waals surface area contributed by atoms with Crippen LogP contribution in [0.2, 0.25) is 0 Å². The van der Waals surface area contributed by atoms with Gasteiger partial charge in [-0.1, -0.05) is 54.6 Å². The lowest BCUT2D eigenvalue weighted by Crippen LogP contribution is -2.09. The van der Waals surface area contributed by atoms with Gasteiger partial charge in [-0.2, -0.15) is 0 Å². The lowest BCUT2D eigenvalue weighted by atomic mass is 9.97. The van der Waals surface area contributed by atoms with Gasteiger partial charge in [-0.3, -0.25) is 0 Å². The van der Waals surface area contributed by atoms with E-state index < -0.39 is 5.97 Å². The van der Waals surface area contributed by atoms with Gasteiger partial charge in [0.25, 0.3) is 0 Å². The number of thioether (sulfide) groups is 1. The van der Waals surface area contributed by atoms with E-state index >= 15 is 0 Å². The van der Waals surface area contributed by atoms with Gasteiger partial charge in [0.15, 0.2) is 6.61 Å². The Morgan fingerprint density at radius 2 is 1.74 bits per heavy atom. The van der Waals surface area contributed by atoms with Crippen LogP contribution in [0.1, 0.15) is 23.6 Å². The molecule has 4 nitrogen and oxygen atoms in total. The number of para-hydroxylation sites is 1. The number of ether oxygens (including phenoxy) is 2. The zero-order chi connectivity index (χ0) is 22.1. The zero-order valence-corrected chi connectivity index (χ0v) is 18.5. The number of rotatable bonds is 10. The second-order valence-electron chi connectivity index (χ2n) is 6.83. The number of aliphatic carboxylic acids is 1. The number of carbonyl (C=O) groups is 1. The number of benzene rings is 3. The van der Waals surface area contributed by atoms with Crippen molar-refractivity contribution in [1.29, 1.82) is 0 Å². The molecule has 0 aliphatic heterocycles. The molecule has 3 aromatic rings. The van der Waals surface area contributed by atoms with Crippen LogP contribution in [-0.4, -0.2) is 30.0 Å². The van der Waals surface area contributed by atoms with Crippen molar-refractivity contribution < 1.29 is 19.4 Å². The molecule has 31 heavy (non-hydrogen) atoms. The summed E-state index contributed by atoms with van der Waals surface area (Å²) in [7, 11) is 0. The standard InChI is InChI=1S/C26H26O4S/c1-3-29-24-12-8-7-11-23(24)22(20-9-5-4-6-10-20)15-16-31-25-14-13-21(17-19(25)2)30-18-26(27)28/h4-15,17H,3,16,18H2,1-2H3,(H,27,28)/b22-15-. The summed E-state index contributed by atoms with van der Waals surface area (Å²) >= 11 is 1.73. The molecule has 0 saturated heterocycles. The topological polar surface area (TPSA) is 55.8 Å². The molecule has 160 valence electrons. The van der Waals surface area contributed by atoms with Crippen molar-refractivity contribution in [3.8, 4) is 11.5 Å². The van der Waals surface area contributed by atoms with Gasteiger partial charge < -0.3 is 14.6 Å². The van der Waals surface area contributed by atoms with Gasteiger partial charge in [0.05, 0.1) is 6.61 Å². The van der Waals surface area contributed by atoms with Gasteiger partial charge in [0.2, 0.25) is 0 Å². The van der Waals surface area contributed by atoms with Crippen molar-refractivity contribution in [2.45, 2.75) is 18.7 Å². The number of hydrogen-bond acceptors (Lipinski definition) is 4. The quantitative estimate of drug-likeness (QED) is 0.392. The molecule has 0 unspecified atom stereocenters. The second-order valence-corrected chi connectivity index (χ2v) is 7.90. The van der Waals surface area contributed by atoms with E-state index in [1.165, 1.54) is 0 Å². The lowest BCUT2D eigenvalue weighted by Gasteiger charge is -2.14. The van der Waals surface area contributed by atoms with Crippen LogP contribution in [0.5, 0.6) is 11.5 Å². The molecule has 0 spiro atoms. The fourth-order valence-corrected chi connectivity index (χ4v) is 4.09. The Bertz CT molecular complexity index is 1040. The van der Waals surface area contributed by atoms with Crippen molar-refractivity contribution in [3.63, 3.8) is 0 Å². The minimum atomic E-state index is -0.984. The van der Waals surface area contributed by atoms with Crippen molar-refractivity contribution in [1.82, 2.24) is 0 Å². The predicted octanol–water partition coefficient (Wildman–Crippen LogP) is 6.08. The maximum atomic E-state index is 10.7. The first-order valence-electron chi connectivity index (χ1n) is 10.1. The van der Waals surface area contributed by atoms with E-state index in [0.717, 1.165) is 38.7 Å². The van der Waals surface area contributed by atoms with E-state index in [9.17, 15) is 4.79 Å². The highest BCUT2D eigenvalue weighted by Gasteiger charge is 2.11. The van der Waals surface area contributed by atoms with E-state index in [1.807, 2.05) is 68.4 Å². The summed E-state index contributed by atoms with van der Waals surface area (Å²) in [4.78, 5) is 11.8. The number of carboxylic acids is 1. The smallest absolute Gasteiger partial charge is 0.341 e. The van der Waals surface area contributed by atoms with Crippen LogP contribution < -0.4 is 9.47 Å². The van der Waals surface area contributed by atoms with Crippen LogP contribution in [0.25, 0.3) is 5.57 Å². The summed E-state index contributed by atoms with van der Waals surface area (Å²) < 4.78 is 11.1. The van der Waals surface area contributed by atoms with Crippen molar-refractivity contribution in [2.24, 2.45) is 0 Å². The Labute approximate surface area is 187 Å². The van der Waals surface area contributed by atoms with Gasteiger partial charge in [-0.05, 0) is 54.8 Å². The molecule has 0 radical (unpaired) electrons. The Morgan fingerprint density at radius 3 is 2.45 bits per heavy atom. The number of hydrogen-bond donors (Lipinski definition) is 1. The molecule has 0 saturated carbocycles. The SMILES string of the molecule is CCOc1ccccc1/C(=C\CSc1ccc(OCC(=O)O)cc1C)c1ccccc1. The highest BCUT2D eigenvalue weighted by atomic mass is 32.2. The van der Waals surface area contributed by atoms with Gasteiger partial charge in [-0.15, -0.1) is 11.8 Å². The van der Waals surface area contributed by atoms with Crippen LogP contribution in [0.4, 0.5) is 0 Å². The molecule has 0 aromatic heterocycles. The first kappa shape index (κ1) is 22.5. The van der Waals surface area contributed by atoms with E-state index in [2.05, 4.69) is 24.3 Å². The van der Waals surface area contributed by atoms with Gasteiger partial charge >= 0.3 is 5.97 Å². The normalized spacial score (nSPS) is 11.2. The molecule has 0 bridgehead atoms. The fourth-order valence-electron chi connectivity index (χ4n) is 3.21. The van der Waals surface area contributed by atoms with Crippen molar-refractivity contribution in [2.75, 3.05) is 19.0 Å². The average Bonchev–Trinajstić information content (AvgIpc) is 2.78. The molecule has 0 aliphatic rings. The Kier molecular flexibility index (Phi) is 8.19. The highest BCUT2D eigenvalue weighted by molar-refractivity contribution is 7.99. The summed E-state index contributed by atoms with van der Waals surface area (Å²) in [5, 5.41) is 8.76. The van der Waals surface area contributed by atoms with E-state index in [0.29, 0.717) is 12.4 Å². The molecule has 0 heterocycles. The third-order valence-corrected chi connectivity index (χ3v) is 5.70. The molecule has 5 heteroatoms. The number of aryl methyl sites for hydroxylation is 1. The molecule has 0 amide bonds. The molecule has 3 aromatic carbocycles. The monoisotopic (exact) mass is 434 g/mol. The van der Waals surface area contributed by atoms with E-state index in [4.69, 9.17) is 14.6 Å². The largest absolute Gasteiger partial charge is 0.493 e. The summed E-state index contributed by atoms with van der Waals surface area (Å²) in [5.74, 6) is 1.24. The fraction of sp³-hybridized carbons (Fsp3) is 0.192. The van der Waals surface area contributed by atoms with E-state index in [-0.39, 0.29) is 6.61 Å². The summed E-state index contributed by atoms with van der Waals surface area (Å²) in [6, 6.07) is 24.1. The lowest BCUT2D eigenvalue weighted by molar-refractivity contribution is -0.139. The Morgan fingerprint density at radius 1 is 1.00 bits per heavy atom. The predicted molar refractivity (Wildman–Crippen MR) is 126 cm³/mol. The third kappa shape index (κ3) is 6.40. The average molecular weight is 435 g/mol. The third-order valence-electron chi connectivity index (χ3n) is 4.60. The number of carboxylic acid groups (broad SMARTS) is 1. The molecule has 1 N–H and O–H groups in total. The van der Waals surface area contributed by atoms with Crippen molar-refractivity contribution in [3.05, 3.63) is 95.6 Å². The van der Waals surface area contributed by atoms with Crippen molar-refractivity contribution >= 4 is 23.3 Å². The maximum absolute atomic E-state index is 10.7. The molecule has 0 aliphatic carbocycles. The van der Waals surface area contributed by atoms with Gasteiger partial charge in [0, 0.05) is 16.2 Å². The van der Waals surface area contributed by atoms with Gasteiger partial charge in [-0.25, -0.2) is 4.79 Å². The summed E-state index contributed by atoms with van der Waals surface area (Å²) in [5.41, 5.74) is 4.41. The first-order chi connectivity index (χ1) is 15.1. The molecule has 0 atom stereocenters. The van der Waals surface area contributed by atoms with Crippen LogP contribution >= 0.6 is 11.8 Å². The minimum absolute atomic E-state index is 0.339. The highest BCUT2D eigenvalue weighted by Crippen LogP contribution is 2.33. The Balaban J connectivity index is 1.82. The first-order valence-corrected chi connectivity index (χ1v) is 11.1. The molecular formula is C26H26O4S. The Hall–Kier alpha value is -3.18. The van der Waals surface area contributed by atoms with Crippen LogP contribution in [0, 0.1) is 6.92 Å². The summed E-state index contributed by atoms with van der Waals surface area (Å²) in [6.07, 6.45) is 2.23. The molecule has 3 rings (SSSR count). The van der Waals surface area contributed by atoms with E-state index in [1.54, 1.807) is 11.8 Å². The van der Waals surface area contributed by atoms with Crippen LogP contribution in [0.15, 0.2) is 83.8 Å². The molecular weight excluding hydrogens is 408 g/mol. The maximum Gasteiger partial charge on any atom is 0.341 e. The summed E-state index contributed by atoms with van der Waals surface area (Å²) in [6.45, 7) is 4.27.